The molecule has 1 fully saturated rings. The van der Waals surface area contributed by atoms with Gasteiger partial charge in [-0.2, -0.15) is 0 Å². The first-order valence-corrected chi connectivity index (χ1v) is 7.23. The van der Waals surface area contributed by atoms with Gasteiger partial charge < -0.3 is 10.6 Å². The number of nitrogens with zero attached hydrogens (tertiary/aromatic N) is 2. The van der Waals surface area contributed by atoms with Crippen molar-refractivity contribution in [2.75, 3.05) is 10.6 Å². The van der Waals surface area contributed by atoms with Crippen molar-refractivity contribution in [1.82, 2.24) is 9.97 Å². The normalized spacial score (nSPS) is 13.8. The minimum Gasteiger partial charge on any atom is -0.366 e. The largest absolute Gasteiger partial charge is 0.366 e. The predicted octanol–water partition coefficient (Wildman–Crippen LogP) is 2.87. The van der Waals surface area contributed by atoms with Gasteiger partial charge in [-0.05, 0) is 37.0 Å². The van der Waals surface area contributed by atoms with Crippen LogP contribution in [0.1, 0.15) is 35.8 Å². The maximum atomic E-state index is 12.1. The number of carbonyl (C=O) groups is 1. The van der Waals surface area contributed by atoms with Crippen LogP contribution in [0.25, 0.3) is 0 Å². The van der Waals surface area contributed by atoms with Crippen molar-refractivity contribution < 1.29 is 4.79 Å². The summed E-state index contributed by atoms with van der Waals surface area (Å²) >= 11 is 0. The average molecular weight is 282 g/mol. The van der Waals surface area contributed by atoms with Crippen LogP contribution in [0.2, 0.25) is 0 Å². The van der Waals surface area contributed by atoms with Gasteiger partial charge in [0.05, 0.1) is 12.4 Å². The van der Waals surface area contributed by atoms with Gasteiger partial charge in [-0.15, -0.1) is 0 Å². The quantitative estimate of drug-likeness (QED) is 0.885. The van der Waals surface area contributed by atoms with Gasteiger partial charge in [0.1, 0.15) is 11.5 Å². The molecule has 3 rings (SSSR count). The number of rotatable bonds is 5. The Morgan fingerprint density at radius 2 is 1.95 bits per heavy atom. The third-order valence-corrected chi connectivity index (χ3v) is 3.43. The molecule has 0 spiro atoms. The van der Waals surface area contributed by atoms with Crippen LogP contribution < -0.4 is 10.6 Å². The third kappa shape index (κ3) is 3.56. The molecule has 1 saturated carbocycles. The molecule has 5 heteroatoms. The Kier molecular flexibility index (Phi) is 3.81. The van der Waals surface area contributed by atoms with Gasteiger partial charge in [0.2, 0.25) is 0 Å². The summed E-state index contributed by atoms with van der Waals surface area (Å²) in [6.45, 7) is 2.10. The van der Waals surface area contributed by atoms with Crippen molar-refractivity contribution in [3.63, 3.8) is 0 Å². The molecule has 1 aromatic carbocycles. The Bertz CT molecular complexity index is 618. The second-order valence-electron chi connectivity index (χ2n) is 5.21. The molecule has 0 saturated heterocycles. The Balaban J connectivity index is 1.63. The molecular weight excluding hydrogens is 264 g/mol. The molecule has 2 N–H and O–H groups in total. The molecule has 0 radical (unpaired) electrons. The van der Waals surface area contributed by atoms with E-state index >= 15 is 0 Å². The topological polar surface area (TPSA) is 66.9 Å². The van der Waals surface area contributed by atoms with Crippen molar-refractivity contribution in [3.05, 3.63) is 47.9 Å². The molecule has 0 aliphatic heterocycles. The standard InChI is InChI=1S/C16H18N4O/c1-2-11-3-5-13(6-4-11)20-16(21)14-9-18-15(10-17-14)19-12-7-8-12/h3-6,9-10,12H,2,7-8H2,1H3,(H,18,19)(H,20,21). The van der Waals surface area contributed by atoms with Crippen LogP contribution in [0.4, 0.5) is 11.5 Å². The van der Waals surface area contributed by atoms with Crippen molar-refractivity contribution in [3.8, 4) is 0 Å². The average Bonchev–Trinajstić information content (AvgIpc) is 3.33. The molecule has 1 aromatic heterocycles. The van der Waals surface area contributed by atoms with Crippen LogP contribution in [0, 0.1) is 0 Å². The number of carbonyl (C=O) groups excluding carboxylic acids is 1. The van der Waals surface area contributed by atoms with Gasteiger partial charge in [-0.25, -0.2) is 9.97 Å². The summed E-state index contributed by atoms with van der Waals surface area (Å²) in [5.74, 6) is 0.478. The van der Waals surface area contributed by atoms with Crippen LogP contribution >= 0.6 is 0 Å². The highest BCUT2D eigenvalue weighted by Crippen LogP contribution is 2.23. The van der Waals surface area contributed by atoms with Gasteiger partial charge in [-0.1, -0.05) is 19.1 Å². The van der Waals surface area contributed by atoms with Crippen molar-refractivity contribution in [2.45, 2.75) is 32.2 Å². The zero-order valence-electron chi connectivity index (χ0n) is 12.0. The summed E-state index contributed by atoms with van der Waals surface area (Å²) in [5.41, 5.74) is 2.32. The van der Waals surface area contributed by atoms with E-state index in [4.69, 9.17) is 0 Å². The molecule has 1 amide bonds. The summed E-state index contributed by atoms with van der Waals surface area (Å²) < 4.78 is 0. The number of nitrogens with one attached hydrogen (secondary N) is 2. The molecule has 0 bridgehead atoms. The van der Waals surface area contributed by atoms with Crippen LogP contribution in [-0.4, -0.2) is 21.9 Å². The predicted molar refractivity (Wildman–Crippen MR) is 82.4 cm³/mol. The fourth-order valence-corrected chi connectivity index (χ4v) is 1.98. The first-order chi connectivity index (χ1) is 10.2. The lowest BCUT2D eigenvalue weighted by Crippen LogP contribution is -2.14. The molecule has 1 aliphatic carbocycles. The first kappa shape index (κ1) is 13.5. The molecule has 108 valence electrons. The SMILES string of the molecule is CCc1ccc(NC(=O)c2cnc(NC3CC3)cn2)cc1. The number of anilines is 2. The van der Waals surface area contributed by atoms with E-state index in [2.05, 4.69) is 27.5 Å². The molecule has 5 nitrogen and oxygen atoms in total. The zero-order valence-corrected chi connectivity index (χ0v) is 12.0. The lowest BCUT2D eigenvalue weighted by atomic mass is 10.1. The highest BCUT2D eigenvalue weighted by atomic mass is 16.1. The number of hydrogen-bond donors (Lipinski definition) is 2. The molecule has 21 heavy (non-hydrogen) atoms. The fourth-order valence-electron chi connectivity index (χ4n) is 1.98. The number of aryl methyl sites for hydroxylation is 1. The van der Waals surface area contributed by atoms with E-state index in [9.17, 15) is 4.79 Å². The van der Waals surface area contributed by atoms with Crippen LogP contribution in [-0.2, 0) is 6.42 Å². The van der Waals surface area contributed by atoms with Gasteiger partial charge in [0, 0.05) is 11.7 Å². The smallest absolute Gasteiger partial charge is 0.275 e. The molecule has 1 heterocycles. The van der Waals surface area contributed by atoms with Crippen molar-refractivity contribution in [1.29, 1.82) is 0 Å². The molecule has 0 unspecified atom stereocenters. The summed E-state index contributed by atoms with van der Waals surface area (Å²) in [5, 5.41) is 6.06. The molecular formula is C16H18N4O. The third-order valence-electron chi connectivity index (χ3n) is 3.43. The maximum Gasteiger partial charge on any atom is 0.275 e. The van der Waals surface area contributed by atoms with Gasteiger partial charge in [0.15, 0.2) is 0 Å². The van der Waals surface area contributed by atoms with Gasteiger partial charge >= 0.3 is 0 Å². The maximum absolute atomic E-state index is 12.1. The molecule has 0 atom stereocenters. The minimum atomic E-state index is -0.246. The second-order valence-corrected chi connectivity index (χ2v) is 5.21. The summed E-state index contributed by atoms with van der Waals surface area (Å²) in [4.78, 5) is 20.4. The van der Waals surface area contributed by atoms with Crippen molar-refractivity contribution in [2.24, 2.45) is 0 Å². The summed E-state index contributed by atoms with van der Waals surface area (Å²) in [6, 6.07) is 8.32. The van der Waals surface area contributed by atoms with E-state index in [0.717, 1.165) is 17.9 Å². The Labute approximate surface area is 123 Å². The lowest BCUT2D eigenvalue weighted by Gasteiger charge is -2.06. The van der Waals surface area contributed by atoms with Crippen LogP contribution in [0.15, 0.2) is 36.7 Å². The zero-order chi connectivity index (χ0) is 14.7. The highest BCUT2D eigenvalue weighted by Gasteiger charge is 2.21. The Hall–Kier alpha value is -2.43. The Morgan fingerprint density at radius 1 is 1.19 bits per heavy atom. The number of hydrogen-bond acceptors (Lipinski definition) is 4. The molecule has 2 aromatic rings. The number of amides is 1. The monoisotopic (exact) mass is 282 g/mol. The van der Waals surface area contributed by atoms with E-state index in [0.29, 0.717) is 11.7 Å². The first-order valence-electron chi connectivity index (χ1n) is 7.23. The second kappa shape index (κ2) is 5.91. The number of benzene rings is 1. The van der Waals surface area contributed by atoms with Crippen molar-refractivity contribution >= 4 is 17.4 Å². The van der Waals surface area contributed by atoms with E-state index < -0.39 is 0 Å². The highest BCUT2D eigenvalue weighted by molar-refractivity contribution is 6.02. The lowest BCUT2D eigenvalue weighted by molar-refractivity contribution is 0.102. The van der Waals surface area contributed by atoms with E-state index in [1.165, 1.54) is 24.6 Å². The summed E-state index contributed by atoms with van der Waals surface area (Å²) in [6.07, 6.45) is 6.44. The minimum absolute atomic E-state index is 0.246. The Morgan fingerprint density at radius 3 is 2.52 bits per heavy atom. The van der Waals surface area contributed by atoms with E-state index in [1.54, 1.807) is 6.20 Å². The molecule has 1 aliphatic rings. The summed E-state index contributed by atoms with van der Waals surface area (Å²) in [7, 11) is 0. The number of aromatic nitrogens is 2. The van der Waals surface area contributed by atoms with E-state index in [1.807, 2.05) is 24.3 Å². The van der Waals surface area contributed by atoms with E-state index in [-0.39, 0.29) is 5.91 Å². The van der Waals surface area contributed by atoms with Crippen LogP contribution in [0.3, 0.4) is 0 Å². The van der Waals surface area contributed by atoms with Crippen LogP contribution in [0.5, 0.6) is 0 Å². The fraction of sp³-hybridized carbons (Fsp3) is 0.312. The van der Waals surface area contributed by atoms with Gasteiger partial charge in [-0.3, -0.25) is 4.79 Å². The van der Waals surface area contributed by atoms with Gasteiger partial charge in [0.25, 0.3) is 5.91 Å².